The van der Waals surface area contributed by atoms with Crippen molar-refractivity contribution < 1.29 is 0 Å². The Labute approximate surface area is 321 Å². The van der Waals surface area contributed by atoms with Gasteiger partial charge in [0.25, 0.3) is 0 Å². The van der Waals surface area contributed by atoms with Crippen LogP contribution in [-0.4, -0.2) is 24.9 Å². The third kappa shape index (κ3) is 6.74. The molecule has 0 spiro atoms. The molecule has 0 aliphatic heterocycles. The van der Waals surface area contributed by atoms with Crippen molar-refractivity contribution in [2.75, 3.05) is 0 Å². The SMILES string of the molecule is c1ccc(-c2cccc(-c3nc(-c4ccccc4)nc(-c4cccc(-c5cc(-c6ccc(C7CC8CCC7C8)cc6)nc(-c6ccccc6)n5)c4)n3)c2)cc1. The zero-order valence-corrected chi connectivity index (χ0v) is 30.5. The minimum absolute atomic E-state index is 0.601. The van der Waals surface area contributed by atoms with Crippen molar-refractivity contribution >= 4 is 0 Å². The highest BCUT2D eigenvalue weighted by Gasteiger charge is 2.40. The molecule has 2 fully saturated rings. The molecule has 55 heavy (non-hydrogen) atoms. The van der Waals surface area contributed by atoms with Crippen LogP contribution in [0, 0.1) is 11.8 Å². The Morgan fingerprint density at radius 2 is 0.800 bits per heavy atom. The summed E-state index contributed by atoms with van der Waals surface area (Å²) in [5, 5.41) is 0. The van der Waals surface area contributed by atoms with Crippen LogP contribution in [0.15, 0.2) is 170 Å². The molecule has 10 rings (SSSR count). The first kappa shape index (κ1) is 33.0. The summed E-state index contributed by atoms with van der Waals surface area (Å²) < 4.78 is 0. The summed E-state index contributed by atoms with van der Waals surface area (Å²) in [4.78, 5) is 25.4. The van der Waals surface area contributed by atoms with Gasteiger partial charge in [0.05, 0.1) is 11.4 Å². The van der Waals surface area contributed by atoms with Crippen molar-refractivity contribution in [3.8, 4) is 79.2 Å². The Balaban J connectivity index is 1.05. The molecule has 3 unspecified atom stereocenters. The number of hydrogen-bond donors (Lipinski definition) is 0. The molecule has 8 aromatic rings. The number of hydrogen-bond acceptors (Lipinski definition) is 5. The molecule has 2 aromatic heterocycles. The lowest BCUT2D eigenvalue weighted by molar-refractivity contribution is 0.420. The van der Waals surface area contributed by atoms with Gasteiger partial charge in [-0.05, 0) is 71.9 Å². The Morgan fingerprint density at radius 1 is 0.327 bits per heavy atom. The predicted molar refractivity (Wildman–Crippen MR) is 222 cm³/mol. The lowest BCUT2D eigenvalue weighted by atomic mass is 9.83. The molecular weight excluding hydrogens is 671 g/mol. The minimum Gasteiger partial charge on any atom is -0.228 e. The molecule has 6 aromatic carbocycles. The van der Waals surface area contributed by atoms with Crippen LogP contribution in [0.4, 0.5) is 0 Å². The summed E-state index contributed by atoms with van der Waals surface area (Å²) in [5.74, 6) is 5.01. The molecule has 2 bridgehead atoms. The summed E-state index contributed by atoms with van der Waals surface area (Å²) in [6.07, 6.45) is 5.54. The van der Waals surface area contributed by atoms with Crippen molar-refractivity contribution in [1.29, 1.82) is 0 Å². The molecule has 2 heterocycles. The molecule has 3 atom stereocenters. The Morgan fingerprint density at radius 3 is 1.36 bits per heavy atom. The summed E-state index contributed by atoms with van der Waals surface area (Å²) in [6, 6.07) is 58.8. The molecule has 264 valence electrons. The van der Waals surface area contributed by atoms with Gasteiger partial charge in [-0.3, -0.25) is 0 Å². The highest BCUT2D eigenvalue weighted by molar-refractivity contribution is 5.76. The highest BCUT2D eigenvalue weighted by atomic mass is 15.0. The smallest absolute Gasteiger partial charge is 0.164 e. The Hall–Kier alpha value is -6.59. The second-order valence-corrected chi connectivity index (χ2v) is 14.9. The van der Waals surface area contributed by atoms with Gasteiger partial charge in [0, 0.05) is 33.4 Å². The van der Waals surface area contributed by atoms with E-state index >= 15 is 0 Å². The average Bonchev–Trinajstić information content (AvgIpc) is 3.92. The maximum absolute atomic E-state index is 5.15. The molecule has 0 saturated heterocycles. The molecule has 2 saturated carbocycles. The summed E-state index contributed by atoms with van der Waals surface area (Å²) >= 11 is 0. The van der Waals surface area contributed by atoms with Crippen LogP contribution in [0.1, 0.15) is 37.2 Å². The van der Waals surface area contributed by atoms with Crippen LogP contribution in [0.2, 0.25) is 0 Å². The largest absolute Gasteiger partial charge is 0.228 e. The van der Waals surface area contributed by atoms with E-state index in [1.165, 1.54) is 31.2 Å². The molecule has 0 amide bonds. The van der Waals surface area contributed by atoms with Gasteiger partial charge in [0.2, 0.25) is 0 Å². The third-order valence-corrected chi connectivity index (χ3v) is 11.4. The van der Waals surface area contributed by atoms with Crippen LogP contribution in [0.3, 0.4) is 0 Å². The molecule has 0 radical (unpaired) electrons. The first-order valence-corrected chi connectivity index (χ1v) is 19.3. The van der Waals surface area contributed by atoms with E-state index in [-0.39, 0.29) is 0 Å². The van der Waals surface area contributed by atoms with E-state index < -0.39 is 0 Å². The molecule has 2 aliphatic carbocycles. The van der Waals surface area contributed by atoms with Crippen molar-refractivity contribution in [1.82, 2.24) is 24.9 Å². The van der Waals surface area contributed by atoms with Crippen molar-refractivity contribution in [2.24, 2.45) is 11.8 Å². The summed E-state index contributed by atoms with van der Waals surface area (Å²) in [5.41, 5.74) is 11.3. The monoisotopic (exact) mass is 709 g/mol. The second-order valence-electron chi connectivity index (χ2n) is 14.9. The van der Waals surface area contributed by atoms with Gasteiger partial charge in [-0.2, -0.15) is 0 Å². The van der Waals surface area contributed by atoms with E-state index in [4.69, 9.17) is 24.9 Å². The van der Waals surface area contributed by atoms with Gasteiger partial charge in [-0.15, -0.1) is 0 Å². The van der Waals surface area contributed by atoms with E-state index in [2.05, 4.69) is 115 Å². The summed E-state index contributed by atoms with van der Waals surface area (Å²) in [6.45, 7) is 0. The van der Waals surface area contributed by atoms with Gasteiger partial charge >= 0.3 is 0 Å². The van der Waals surface area contributed by atoms with E-state index in [0.717, 1.165) is 67.7 Å². The number of fused-ring (bicyclic) bond motifs is 2. The van der Waals surface area contributed by atoms with Gasteiger partial charge in [0.15, 0.2) is 23.3 Å². The van der Waals surface area contributed by atoms with Gasteiger partial charge in [-0.25, -0.2) is 24.9 Å². The van der Waals surface area contributed by atoms with E-state index in [1.54, 1.807) is 0 Å². The zero-order valence-electron chi connectivity index (χ0n) is 30.5. The minimum atomic E-state index is 0.601. The molecular formula is C50H39N5. The first-order valence-electron chi connectivity index (χ1n) is 19.3. The molecule has 0 N–H and O–H groups in total. The van der Waals surface area contributed by atoms with Crippen LogP contribution in [0.5, 0.6) is 0 Å². The summed E-state index contributed by atoms with van der Waals surface area (Å²) in [7, 11) is 0. The van der Waals surface area contributed by atoms with Crippen molar-refractivity contribution in [3.05, 3.63) is 175 Å². The fourth-order valence-electron chi connectivity index (χ4n) is 8.65. The fraction of sp³-hybridized carbons (Fsp3) is 0.140. The normalized spacial score (nSPS) is 17.3. The highest BCUT2D eigenvalue weighted by Crippen LogP contribution is 2.53. The van der Waals surface area contributed by atoms with Crippen LogP contribution >= 0.6 is 0 Å². The van der Waals surface area contributed by atoms with Crippen molar-refractivity contribution in [2.45, 2.75) is 31.6 Å². The van der Waals surface area contributed by atoms with Gasteiger partial charge in [0.1, 0.15) is 0 Å². The Kier molecular flexibility index (Phi) is 8.60. The second kappa shape index (κ2) is 14.3. The first-order chi connectivity index (χ1) is 27.2. The number of aromatic nitrogens is 5. The van der Waals surface area contributed by atoms with Crippen LogP contribution < -0.4 is 0 Å². The lowest BCUT2D eigenvalue weighted by Crippen LogP contribution is -2.08. The third-order valence-electron chi connectivity index (χ3n) is 11.4. The average molecular weight is 710 g/mol. The number of rotatable bonds is 8. The maximum Gasteiger partial charge on any atom is 0.164 e. The maximum atomic E-state index is 5.15. The van der Waals surface area contributed by atoms with E-state index in [9.17, 15) is 0 Å². The standard InChI is InChI=1S/C50H39N5/c1-4-12-34(13-5-1)39-18-10-20-42(30-39)49-53-48(38-16-8-3-9-17-38)54-50(55-49)43-21-11-19-41(31-43)46-32-45(51-47(52-46)37-14-6-2-7-15-37)36-26-24-35(25-27-36)44-29-33-22-23-40(44)28-33/h1-21,24-27,30-33,40,44H,22-23,28-29H2. The lowest BCUT2D eigenvalue weighted by Gasteiger charge is -2.22. The van der Waals surface area contributed by atoms with Crippen LogP contribution in [0.25, 0.3) is 79.2 Å². The topological polar surface area (TPSA) is 64.5 Å². The number of benzene rings is 6. The zero-order chi connectivity index (χ0) is 36.6. The molecule has 5 nitrogen and oxygen atoms in total. The number of nitrogens with zero attached hydrogens (tertiary/aromatic N) is 5. The van der Waals surface area contributed by atoms with E-state index in [1.807, 2.05) is 54.6 Å². The Bertz CT molecular complexity index is 2610. The molecule has 5 heteroatoms. The van der Waals surface area contributed by atoms with E-state index in [0.29, 0.717) is 29.2 Å². The molecule has 2 aliphatic rings. The quantitative estimate of drug-likeness (QED) is 0.157. The van der Waals surface area contributed by atoms with Crippen LogP contribution in [-0.2, 0) is 0 Å². The van der Waals surface area contributed by atoms with Crippen molar-refractivity contribution in [3.63, 3.8) is 0 Å². The van der Waals surface area contributed by atoms with Gasteiger partial charge in [-0.1, -0.05) is 158 Å². The fourth-order valence-corrected chi connectivity index (χ4v) is 8.65. The van der Waals surface area contributed by atoms with Gasteiger partial charge < -0.3 is 0 Å². The predicted octanol–water partition coefficient (Wildman–Crippen LogP) is 12.2.